The summed E-state index contributed by atoms with van der Waals surface area (Å²) in [4.78, 5) is 22.5. The SMILES string of the molecule is O=C1CNC(=O)[C@H](Cc2ccccc2)N1.c1ccc(C[C@H]2CNCCN2)cc1. The van der Waals surface area contributed by atoms with E-state index in [1.807, 2.05) is 30.3 Å². The molecule has 2 atom stereocenters. The molecule has 2 amide bonds. The smallest absolute Gasteiger partial charge is 0.243 e. The lowest BCUT2D eigenvalue weighted by Gasteiger charge is -2.24. The van der Waals surface area contributed by atoms with Crippen LogP contribution in [-0.4, -0.2) is 50.1 Å². The van der Waals surface area contributed by atoms with Crippen LogP contribution in [0.3, 0.4) is 0 Å². The molecule has 2 aliphatic rings. The van der Waals surface area contributed by atoms with Gasteiger partial charge >= 0.3 is 0 Å². The van der Waals surface area contributed by atoms with Crippen molar-refractivity contribution in [3.63, 3.8) is 0 Å². The Balaban J connectivity index is 0.000000162. The highest BCUT2D eigenvalue weighted by molar-refractivity contribution is 5.94. The zero-order valence-electron chi connectivity index (χ0n) is 16.0. The van der Waals surface area contributed by atoms with Crippen LogP contribution in [0.4, 0.5) is 0 Å². The largest absolute Gasteiger partial charge is 0.345 e. The number of amides is 2. The summed E-state index contributed by atoms with van der Waals surface area (Å²) in [6.45, 7) is 3.38. The maximum absolute atomic E-state index is 11.4. The van der Waals surface area contributed by atoms with Crippen molar-refractivity contribution in [2.75, 3.05) is 26.2 Å². The average molecular weight is 380 g/mol. The van der Waals surface area contributed by atoms with Crippen molar-refractivity contribution in [3.8, 4) is 0 Å². The van der Waals surface area contributed by atoms with E-state index in [9.17, 15) is 9.59 Å². The summed E-state index contributed by atoms with van der Waals surface area (Å²) in [5, 5.41) is 12.1. The van der Waals surface area contributed by atoms with Gasteiger partial charge in [-0.25, -0.2) is 0 Å². The van der Waals surface area contributed by atoms with E-state index in [-0.39, 0.29) is 18.4 Å². The molecule has 2 aromatic carbocycles. The second kappa shape index (κ2) is 10.6. The van der Waals surface area contributed by atoms with E-state index < -0.39 is 6.04 Å². The number of piperazine rings is 2. The molecule has 0 bridgehead atoms. The quantitative estimate of drug-likeness (QED) is 0.627. The van der Waals surface area contributed by atoms with Crippen molar-refractivity contribution in [2.24, 2.45) is 0 Å². The minimum absolute atomic E-state index is 0.0874. The van der Waals surface area contributed by atoms with Crippen LogP contribution in [0.2, 0.25) is 0 Å². The Labute approximate surface area is 166 Å². The summed E-state index contributed by atoms with van der Waals surface area (Å²) in [6, 6.07) is 20.4. The normalized spacial score (nSPS) is 21.7. The zero-order chi connectivity index (χ0) is 19.6. The van der Waals surface area contributed by atoms with E-state index >= 15 is 0 Å². The molecule has 148 valence electrons. The molecule has 2 aromatic rings. The molecule has 2 saturated heterocycles. The number of nitrogens with one attached hydrogen (secondary N) is 4. The molecule has 0 spiro atoms. The lowest BCUT2D eigenvalue weighted by Crippen LogP contribution is -2.56. The number of carbonyl (C=O) groups is 2. The molecular weight excluding hydrogens is 352 g/mol. The van der Waals surface area contributed by atoms with Gasteiger partial charge in [-0.3, -0.25) is 9.59 Å². The van der Waals surface area contributed by atoms with Gasteiger partial charge in [0.15, 0.2) is 0 Å². The molecule has 2 fully saturated rings. The van der Waals surface area contributed by atoms with Gasteiger partial charge in [-0.15, -0.1) is 0 Å². The Kier molecular flexibility index (Phi) is 7.58. The molecule has 4 N–H and O–H groups in total. The average Bonchev–Trinajstić information content (AvgIpc) is 2.74. The molecule has 4 rings (SSSR count). The Morgan fingerprint density at radius 1 is 0.821 bits per heavy atom. The zero-order valence-corrected chi connectivity index (χ0v) is 16.0. The fourth-order valence-corrected chi connectivity index (χ4v) is 3.35. The number of hydrogen-bond acceptors (Lipinski definition) is 4. The summed E-state index contributed by atoms with van der Waals surface area (Å²) in [5.41, 5.74) is 2.46. The van der Waals surface area contributed by atoms with Gasteiger partial charge in [-0.2, -0.15) is 0 Å². The second-order valence-corrected chi connectivity index (χ2v) is 7.07. The fourth-order valence-electron chi connectivity index (χ4n) is 3.35. The van der Waals surface area contributed by atoms with E-state index in [1.165, 1.54) is 5.56 Å². The summed E-state index contributed by atoms with van der Waals surface area (Å²) < 4.78 is 0. The van der Waals surface area contributed by atoms with Crippen molar-refractivity contribution in [1.29, 1.82) is 0 Å². The first-order valence-corrected chi connectivity index (χ1v) is 9.80. The van der Waals surface area contributed by atoms with Crippen LogP contribution in [0.5, 0.6) is 0 Å². The Hall–Kier alpha value is -2.70. The number of benzene rings is 2. The van der Waals surface area contributed by atoms with E-state index in [1.54, 1.807) is 0 Å². The number of rotatable bonds is 4. The fraction of sp³-hybridized carbons (Fsp3) is 0.364. The van der Waals surface area contributed by atoms with Gasteiger partial charge in [-0.1, -0.05) is 60.7 Å². The van der Waals surface area contributed by atoms with Crippen LogP contribution in [0.1, 0.15) is 11.1 Å². The summed E-state index contributed by atoms with van der Waals surface area (Å²) in [6.07, 6.45) is 1.67. The number of carbonyl (C=O) groups excluding carboxylic acids is 2. The second-order valence-electron chi connectivity index (χ2n) is 7.07. The molecule has 0 aromatic heterocycles. The lowest BCUT2D eigenvalue weighted by atomic mass is 10.0. The summed E-state index contributed by atoms with van der Waals surface area (Å²) >= 11 is 0. The van der Waals surface area contributed by atoms with Crippen molar-refractivity contribution < 1.29 is 9.59 Å². The third kappa shape index (κ3) is 6.48. The molecule has 6 heteroatoms. The van der Waals surface area contributed by atoms with Gasteiger partial charge in [0, 0.05) is 32.1 Å². The van der Waals surface area contributed by atoms with Crippen LogP contribution in [-0.2, 0) is 22.4 Å². The van der Waals surface area contributed by atoms with Crippen LogP contribution in [0.15, 0.2) is 60.7 Å². The molecule has 0 aliphatic carbocycles. The first-order chi connectivity index (χ1) is 13.7. The van der Waals surface area contributed by atoms with Gasteiger partial charge in [-0.05, 0) is 17.5 Å². The van der Waals surface area contributed by atoms with E-state index in [4.69, 9.17) is 0 Å². The molecule has 0 saturated carbocycles. The summed E-state index contributed by atoms with van der Waals surface area (Å²) in [7, 11) is 0. The minimum Gasteiger partial charge on any atom is -0.345 e. The Morgan fingerprint density at radius 3 is 2.07 bits per heavy atom. The van der Waals surface area contributed by atoms with E-state index in [2.05, 4.69) is 51.6 Å². The van der Waals surface area contributed by atoms with Crippen molar-refractivity contribution in [2.45, 2.75) is 24.9 Å². The number of hydrogen-bond donors (Lipinski definition) is 4. The van der Waals surface area contributed by atoms with E-state index in [0.29, 0.717) is 12.5 Å². The van der Waals surface area contributed by atoms with Crippen molar-refractivity contribution in [1.82, 2.24) is 21.3 Å². The van der Waals surface area contributed by atoms with Gasteiger partial charge in [0.2, 0.25) is 11.8 Å². The lowest BCUT2D eigenvalue weighted by molar-refractivity contribution is -0.133. The molecule has 0 unspecified atom stereocenters. The van der Waals surface area contributed by atoms with Gasteiger partial charge in [0.05, 0.1) is 6.54 Å². The molecule has 28 heavy (non-hydrogen) atoms. The molecule has 2 aliphatic heterocycles. The monoisotopic (exact) mass is 380 g/mol. The first-order valence-electron chi connectivity index (χ1n) is 9.80. The minimum atomic E-state index is -0.436. The van der Waals surface area contributed by atoms with Crippen LogP contribution in [0.25, 0.3) is 0 Å². The predicted molar refractivity (Wildman–Crippen MR) is 110 cm³/mol. The van der Waals surface area contributed by atoms with E-state index in [0.717, 1.165) is 31.6 Å². The maximum Gasteiger partial charge on any atom is 0.243 e. The summed E-state index contributed by atoms with van der Waals surface area (Å²) in [5.74, 6) is -0.242. The third-order valence-corrected chi connectivity index (χ3v) is 4.81. The topological polar surface area (TPSA) is 82.3 Å². The first kappa shape index (κ1) is 20.0. The highest BCUT2D eigenvalue weighted by Gasteiger charge is 2.25. The highest BCUT2D eigenvalue weighted by atomic mass is 16.2. The standard InChI is InChI=1S/C11H12N2O2.C11H16N2/c14-10-7-12-11(15)9(13-10)6-8-4-2-1-3-5-8;1-2-4-10(5-3-1)8-11-9-12-6-7-13-11/h1-5,9H,6-7H2,(H,12,15)(H,13,14);1-5,11-13H,6-9H2/t9-;11-/m00/s1. The Bertz CT molecular complexity index is 746. The molecule has 2 heterocycles. The highest BCUT2D eigenvalue weighted by Crippen LogP contribution is 2.05. The van der Waals surface area contributed by atoms with Gasteiger partial charge < -0.3 is 21.3 Å². The van der Waals surface area contributed by atoms with Crippen LogP contribution in [0, 0.1) is 0 Å². The molecule has 6 nitrogen and oxygen atoms in total. The molecular formula is C22H28N4O2. The van der Waals surface area contributed by atoms with Gasteiger partial charge in [0.25, 0.3) is 0 Å². The Morgan fingerprint density at radius 2 is 1.46 bits per heavy atom. The van der Waals surface area contributed by atoms with Crippen LogP contribution < -0.4 is 21.3 Å². The predicted octanol–water partition coefficient (Wildman–Crippen LogP) is 0.634. The molecule has 0 radical (unpaired) electrons. The van der Waals surface area contributed by atoms with Crippen molar-refractivity contribution in [3.05, 3.63) is 71.8 Å². The maximum atomic E-state index is 11.4. The van der Waals surface area contributed by atoms with Gasteiger partial charge in [0.1, 0.15) is 6.04 Å². The van der Waals surface area contributed by atoms with Crippen LogP contribution >= 0.6 is 0 Å². The third-order valence-electron chi connectivity index (χ3n) is 4.81. The van der Waals surface area contributed by atoms with Crippen molar-refractivity contribution >= 4 is 11.8 Å².